The average Bonchev–Trinajstić information content (AvgIpc) is 2.92. The zero-order valence-corrected chi connectivity index (χ0v) is 17.8. The highest BCUT2D eigenvalue weighted by molar-refractivity contribution is 5.87. The minimum atomic E-state index is -0.180. The van der Waals surface area contributed by atoms with E-state index >= 15 is 0 Å². The van der Waals surface area contributed by atoms with Gasteiger partial charge in [0.1, 0.15) is 0 Å². The van der Waals surface area contributed by atoms with E-state index in [9.17, 15) is 9.59 Å². The number of hydrogen-bond donors (Lipinski definition) is 0. The van der Waals surface area contributed by atoms with Gasteiger partial charge in [0.15, 0.2) is 0 Å². The van der Waals surface area contributed by atoms with Crippen molar-refractivity contribution in [1.29, 1.82) is 0 Å². The fourth-order valence-electron chi connectivity index (χ4n) is 5.00. The lowest BCUT2D eigenvalue weighted by molar-refractivity contribution is -0.132. The molecule has 2 fully saturated rings. The van der Waals surface area contributed by atoms with Crippen molar-refractivity contribution in [2.75, 3.05) is 32.8 Å². The largest absolute Gasteiger partial charge is 0.450 e. The summed E-state index contributed by atoms with van der Waals surface area (Å²) in [5.41, 5.74) is 2.30. The van der Waals surface area contributed by atoms with Crippen LogP contribution >= 0.6 is 0 Å². The lowest BCUT2D eigenvalue weighted by atomic mass is 9.97. The van der Waals surface area contributed by atoms with Gasteiger partial charge in [-0.25, -0.2) is 4.79 Å². The summed E-state index contributed by atoms with van der Waals surface area (Å²) in [6, 6.07) is 0.851. The smallest absolute Gasteiger partial charge is 0.409 e. The first kappa shape index (κ1) is 20.9. The maximum atomic E-state index is 12.8. The van der Waals surface area contributed by atoms with Crippen LogP contribution < -0.4 is 0 Å². The van der Waals surface area contributed by atoms with Gasteiger partial charge in [0, 0.05) is 44.0 Å². The Labute approximate surface area is 169 Å². The molecule has 3 rings (SSSR count). The average molecular weight is 390 g/mol. The minimum Gasteiger partial charge on any atom is -0.450 e. The molecule has 6 heteroatoms. The third kappa shape index (κ3) is 4.12. The molecule has 0 N–H and O–H groups in total. The molecular formula is C22H35N3O3. The number of likely N-dealkylation sites (tertiary alicyclic amines) is 2. The van der Waals surface area contributed by atoms with Crippen LogP contribution in [-0.4, -0.2) is 71.6 Å². The van der Waals surface area contributed by atoms with Gasteiger partial charge < -0.3 is 19.4 Å². The lowest BCUT2D eigenvalue weighted by Crippen LogP contribution is -2.52. The van der Waals surface area contributed by atoms with Crippen molar-refractivity contribution in [2.45, 2.75) is 65.5 Å². The number of ether oxygens (including phenoxy) is 1. The van der Waals surface area contributed by atoms with Gasteiger partial charge in [-0.3, -0.25) is 4.79 Å². The second kappa shape index (κ2) is 9.12. The summed E-state index contributed by atoms with van der Waals surface area (Å²) < 4.78 is 5.11. The fourth-order valence-corrected chi connectivity index (χ4v) is 5.00. The van der Waals surface area contributed by atoms with E-state index in [2.05, 4.69) is 22.8 Å². The first-order valence-corrected chi connectivity index (χ1v) is 10.8. The minimum absolute atomic E-state index is 0.0265. The van der Waals surface area contributed by atoms with Gasteiger partial charge in [0.05, 0.1) is 12.5 Å². The van der Waals surface area contributed by atoms with Crippen molar-refractivity contribution in [1.82, 2.24) is 14.7 Å². The van der Waals surface area contributed by atoms with Gasteiger partial charge in [-0.15, -0.1) is 0 Å². The van der Waals surface area contributed by atoms with E-state index in [1.165, 1.54) is 5.57 Å². The Kier molecular flexibility index (Phi) is 6.81. The Balaban J connectivity index is 1.53. The molecule has 3 heterocycles. The number of hydrogen-bond acceptors (Lipinski definition) is 4. The first-order valence-electron chi connectivity index (χ1n) is 10.8. The first-order chi connectivity index (χ1) is 13.5. The Hall–Kier alpha value is -1.82. The Morgan fingerprint density at radius 2 is 1.71 bits per heavy atom. The molecule has 28 heavy (non-hydrogen) atoms. The van der Waals surface area contributed by atoms with Crippen LogP contribution in [0.5, 0.6) is 0 Å². The van der Waals surface area contributed by atoms with Crippen LogP contribution in [0.2, 0.25) is 0 Å². The van der Waals surface area contributed by atoms with E-state index in [4.69, 9.17) is 4.74 Å². The van der Waals surface area contributed by atoms with Crippen molar-refractivity contribution < 1.29 is 14.3 Å². The van der Waals surface area contributed by atoms with Gasteiger partial charge in [0.2, 0.25) is 5.91 Å². The zero-order chi connectivity index (χ0) is 20.3. The molecule has 6 nitrogen and oxygen atoms in total. The maximum Gasteiger partial charge on any atom is 0.409 e. The molecule has 0 saturated carbocycles. The topological polar surface area (TPSA) is 53.1 Å². The van der Waals surface area contributed by atoms with Crippen LogP contribution in [0.25, 0.3) is 0 Å². The van der Waals surface area contributed by atoms with Gasteiger partial charge in [-0.05, 0) is 59.0 Å². The quantitative estimate of drug-likeness (QED) is 0.739. The summed E-state index contributed by atoms with van der Waals surface area (Å²) >= 11 is 0. The molecule has 0 aromatic rings. The second-order valence-corrected chi connectivity index (χ2v) is 8.15. The number of piperidine rings is 2. The highest BCUT2D eigenvalue weighted by Gasteiger charge is 2.39. The van der Waals surface area contributed by atoms with Crippen molar-refractivity contribution >= 4 is 12.0 Å². The maximum absolute atomic E-state index is 12.8. The zero-order valence-electron chi connectivity index (χ0n) is 17.8. The van der Waals surface area contributed by atoms with Crippen LogP contribution in [0, 0.1) is 5.92 Å². The van der Waals surface area contributed by atoms with Gasteiger partial charge in [-0.1, -0.05) is 12.2 Å². The van der Waals surface area contributed by atoms with E-state index in [0.29, 0.717) is 18.7 Å². The summed E-state index contributed by atoms with van der Waals surface area (Å²) in [5, 5.41) is 0. The predicted molar refractivity (Wildman–Crippen MR) is 110 cm³/mol. The summed E-state index contributed by atoms with van der Waals surface area (Å²) in [4.78, 5) is 31.2. The fraction of sp³-hybridized carbons (Fsp3) is 0.727. The van der Waals surface area contributed by atoms with Crippen LogP contribution in [-0.2, 0) is 9.53 Å². The molecule has 156 valence electrons. The molecule has 0 aliphatic carbocycles. The molecule has 3 aliphatic rings. The van der Waals surface area contributed by atoms with Gasteiger partial charge in [-0.2, -0.15) is 0 Å². The molecule has 1 atom stereocenters. The van der Waals surface area contributed by atoms with Gasteiger partial charge >= 0.3 is 6.09 Å². The SMILES string of the molecule is C/C=C\C1=C(C)N(C2CCN(C3CCN(C(=O)OCC)CC3)CC2)C(=O)C1C. The van der Waals surface area contributed by atoms with Crippen molar-refractivity contribution in [2.24, 2.45) is 5.92 Å². The molecule has 3 aliphatic heterocycles. The Morgan fingerprint density at radius 1 is 1.11 bits per heavy atom. The molecule has 2 saturated heterocycles. The lowest BCUT2D eigenvalue weighted by Gasteiger charge is -2.43. The van der Waals surface area contributed by atoms with Crippen LogP contribution in [0.4, 0.5) is 4.79 Å². The Bertz CT molecular complexity index is 641. The number of carbonyl (C=O) groups excluding carboxylic acids is 2. The number of nitrogens with zero attached hydrogens (tertiary/aromatic N) is 3. The monoisotopic (exact) mass is 389 g/mol. The van der Waals surface area contributed by atoms with Crippen molar-refractivity contribution in [3.63, 3.8) is 0 Å². The highest BCUT2D eigenvalue weighted by atomic mass is 16.6. The number of amides is 2. The van der Waals surface area contributed by atoms with E-state index in [1.807, 2.05) is 31.7 Å². The molecule has 0 spiro atoms. The van der Waals surface area contributed by atoms with Crippen LogP contribution in [0.15, 0.2) is 23.4 Å². The van der Waals surface area contributed by atoms with Crippen molar-refractivity contribution in [3.8, 4) is 0 Å². The second-order valence-electron chi connectivity index (χ2n) is 8.15. The van der Waals surface area contributed by atoms with Crippen molar-refractivity contribution in [3.05, 3.63) is 23.4 Å². The van der Waals surface area contributed by atoms with Crippen LogP contribution in [0.3, 0.4) is 0 Å². The van der Waals surface area contributed by atoms with E-state index < -0.39 is 0 Å². The van der Waals surface area contributed by atoms with Crippen LogP contribution in [0.1, 0.15) is 53.4 Å². The highest BCUT2D eigenvalue weighted by Crippen LogP contribution is 2.35. The molecule has 0 aromatic carbocycles. The predicted octanol–water partition coefficient (Wildman–Crippen LogP) is 3.40. The number of carbonyl (C=O) groups is 2. The number of rotatable bonds is 4. The summed E-state index contributed by atoms with van der Waals surface area (Å²) in [5.74, 6) is 0.230. The van der Waals surface area contributed by atoms with E-state index in [1.54, 1.807) is 0 Å². The molecule has 2 amide bonds. The van der Waals surface area contributed by atoms with E-state index in [-0.39, 0.29) is 17.9 Å². The third-order valence-corrected chi connectivity index (χ3v) is 6.57. The van der Waals surface area contributed by atoms with Gasteiger partial charge in [0.25, 0.3) is 0 Å². The molecular weight excluding hydrogens is 354 g/mol. The summed E-state index contributed by atoms with van der Waals surface area (Å²) in [7, 11) is 0. The molecule has 0 bridgehead atoms. The summed E-state index contributed by atoms with van der Waals surface area (Å²) in [6.45, 7) is 12.0. The summed E-state index contributed by atoms with van der Waals surface area (Å²) in [6.07, 6.45) is 8.00. The molecule has 1 unspecified atom stereocenters. The van der Waals surface area contributed by atoms with E-state index in [0.717, 1.165) is 57.6 Å². The third-order valence-electron chi connectivity index (χ3n) is 6.57. The molecule has 0 aromatic heterocycles. The molecule has 0 radical (unpaired) electrons. The standard InChI is InChI=1S/C22H35N3O3/c1-5-7-20-16(3)21(26)25(17(20)4)19-10-12-23(13-11-19)18-8-14-24(15-9-18)22(27)28-6-2/h5,7,16,18-19H,6,8-15H2,1-4H3/b7-5-. The normalized spacial score (nSPS) is 26.0. The number of allylic oxidation sites excluding steroid dienone is 3. The Morgan fingerprint density at radius 3 is 2.29 bits per heavy atom.